The SMILES string of the molecule is COc1ccccc1N(CC(=O)Nc1cccc(Cl)c1Cl)S(C)(=O)=O. The smallest absolute Gasteiger partial charge is 0.245 e. The highest BCUT2D eigenvalue weighted by atomic mass is 35.5. The highest BCUT2D eigenvalue weighted by molar-refractivity contribution is 7.92. The van der Waals surface area contributed by atoms with Gasteiger partial charge in [0, 0.05) is 0 Å². The van der Waals surface area contributed by atoms with Crippen molar-refractivity contribution in [1.82, 2.24) is 0 Å². The van der Waals surface area contributed by atoms with Gasteiger partial charge < -0.3 is 10.1 Å². The highest BCUT2D eigenvalue weighted by Gasteiger charge is 2.24. The predicted octanol–water partition coefficient (Wildman–Crippen LogP) is 3.41. The molecule has 0 heterocycles. The fourth-order valence-corrected chi connectivity index (χ4v) is 3.35. The molecule has 6 nitrogen and oxygen atoms in total. The van der Waals surface area contributed by atoms with Crippen LogP contribution in [0.25, 0.3) is 0 Å². The Hall–Kier alpha value is -1.96. The van der Waals surface area contributed by atoms with E-state index in [1.54, 1.807) is 42.5 Å². The Morgan fingerprint density at radius 2 is 1.84 bits per heavy atom. The van der Waals surface area contributed by atoms with Gasteiger partial charge in [0.15, 0.2) is 0 Å². The molecule has 134 valence electrons. The largest absolute Gasteiger partial charge is 0.495 e. The first-order valence-corrected chi connectivity index (χ1v) is 9.69. The third-order valence-corrected chi connectivity index (χ3v) is 5.21. The number of halogens is 2. The summed E-state index contributed by atoms with van der Waals surface area (Å²) in [4.78, 5) is 12.3. The van der Waals surface area contributed by atoms with E-state index in [-0.39, 0.29) is 15.7 Å². The van der Waals surface area contributed by atoms with E-state index in [0.29, 0.717) is 11.4 Å². The van der Waals surface area contributed by atoms with Gasteiger partial charge in [0.1, 0.15) is 12.3 Å². The number of amides is 1. The van der Waals surface area contributed by atoms with Gasteiger partial charge in [0.2, 0.25) is 15.9 Å². The second kappa shape index (κ2) is 7.95. The number of rotatable bonds is 6. The Balaban J connectivity index is 2.29. The number of methoxy groups -OCH3 is 1. The van der Waals surface area contributed by atoms with E-state index in [1.165, 1.54) is 7.11 Å². The first kappa shape index (κ1) is 19.4. The Bertz CT molecular complexity index is 887. The van der Waals surface area contributed by atoms with Crippen LogP contribution in [0.2, 0.25) is 10.0 Å². The molecule has 0 aromatic heterocycles. The molecule has 0 saturated heterocycles. The van der Waals surface area contributed by atoms with Crippen molar-refractivity contribution in [3.8, 4) is 5.75 Å². The van der Waals surface area contributed by atoms with Crippen LogP contribution in [0.4, 0.5) is 11.4 Å². The van der Waals surface area contributed by atoms with Crippen molar-refractivity contribution < 1.29 is 17.9 Å². The quantitative estimate of drug-likeness (QED) is 0.802. The standard InChI is InChI=1S/C16H16Cl2N2O4S/c1-24-14-9-4-3-8-13(14)20(25(2,22)23)10-15(21)19-12-7-5-6-11(17)16(12)18/h3-9H,10H2,1-2H3,(H,19,21). The normalized spacial score (nSPS) is 11.0. The van der Waals surface area contributed by atoms with E-state index >= 15 is 0 Å². The summed E-state index contributed by atoms with van der Waals surface area (Å²) in [5.74, 6) is -0.234. The van der Waals surface area contributed by atoms with Crippen molar-refractivity contribution in [2.24, 2.45) is 0 Å². The zero-order valence-electron chi connectivity index (χ0n) is 13.5. The molecule has 2 aromatic rings. The molecular weight excluding hydrogens is 387 g/mol. The lowest BCUT2D eigenvalue weighted by atomic mass is 10.3. The Kier molecular flexibility index (Phi) is 6.16. The third-order valence-electron chi connectivity index (χ3n) is 3.27. The first-order chi connectivity index (χ1) is 11.7. The molecule has 0 bridgehead atoms. The van der Waals surface area contributed by atoms with Crippen LogP contribution in [-0.4, -0.2) is 34.2 Å². The second-order valence-corrected chi connectivity index (χ2v) is 7.78. The Morgan fingerprint density at radius 3 is 2.48 bits per heavy atom. The van der Waals surface area contributed by atoms with Crippen molar-refractivity contribution in [3.05, 3.63) is 52.5 Å². The van der Waals surface area contributed by atoms with Crippen molar-refractivity contribution in [2.45, 2.75) is 0 Å². The van der Waals surface area contributed by atoms with Gasteiger partial charge in [-0.1, -0.05) is 41.4 Å². The van der Waals surface area contributed by atoms with Crippen molar-refractivity contribution in [3.63, 3.8) is 0 Å². The van der Waals surface area contributed by atoms with Gasteiger partial charge in [0.05, 0.1) is 34.8 Å². The lowest BCUT2D eigenvalue weighted by Gasteiger charge is -2.23. The summed E-state index contributed by atoms with van der Waals surface area (Å²) in [6, 6.07) is 11.3. The monoisotopic (exact) mass is 402 g/mol. The maximum absolute atomic E-state index is 12.3. The molecule has 0 spiro atoms. The molecule has 1 N–H and O–H groups in total. The van der Waals surface area contributed by atoms with E-state index in [2.05, 4.69) is 5.32 Å². The average Bonchev–Trinajstić information content (AvgIpc) is 2.56. The van der Waals surface area contributed by atoms with Gasteiger partial charge in [-0.25, -0.2) is 8.42 Å². The van der Waals surface area contributed by atoms with Crippen LogP contribution in [0.3, 0.4) is 0 Å². The Labute approximate surface area is 156 Å². The molecule has 0 aliphatic rings. The molecule has 9 heteroatoms. The van der Waals surface area contributed by atoms with Crippen LogP contribution < -0.4 is 14.4 Å². The summed E-state index contributed by atoms with van der Waals surface area (Å²) in [6.07, 6.45) is 1.01. The van der Waals surface area contributed by atoms with Gasteiger partial charge in [0.25, 0.3) is 0 Å². The lowest BCUT2D eigenvalue weighted by molar-refractivity contribution is -0.114. The van der Waals surface area contributed by atoms with E-state index in [4.69, 9.17) is 27.9 Å². The van der Waals surface area contributed by atoms with E-state index in [1.807, 2.05) is 0 Å². The molecule has 2 rings (SSSR count). The van der Waals surface area contributed by atoms with Gasteiger partial charge in [-0.05, 0) is 24.3 Å². The van der Waals surface area contributed by atoms with E-state index in [0.717, 1.165) is 10.6 Å². The molecule has 0 aliphatic heterocycles. The molecule has 0 fully saturated rings. The molecule has 0 atom stereocenters. The molecule has 1 amide bonds. The van der Waals surface area contributed by atoms with Crippen LogP contribution in [0, 0.1) is 0 Å². The summed E-state index contributed by atoms with van der Waals surface area (Å²) in [5, 5.41) is 3.02. The minimum atomic E-state index is -3.72. The van der Waals surface area contributed by atoms with Crippen LogP contribution in [0.1, 0.15) is 0 Å². The van der Waals surface area contributed by atoms with Crippen LogP contribution >= 0.6 is 23.2 Å². The molecule has 0 saturated carbocycles. The average molecular weight is 403 g/mol. The first-order valence-electron chi connectivity index (χ1n) is 7.08. The van der Waals surface area contributed by atoms with Gasteiger partial charge in [-0.2, -0.15) is 0 Å². The molecule has 0 unspecified atom stereocenters. The zero-order valence-corrected chi connectivity index (χ0v) is 15.8. The number of sulfonamides is 1. The van der Waals surface area contributed by atoms with Crippen LogP contribution in [0.5, 0.6) is 5.75 Å². The van der Waals surface area contributed by atoms with Crippen molar-refractivity contribution in [1.29, 1.82) is 0 Å². The lowest BCUT2D eigenvalue weighted by Crippen LogP contribution is -2.37. The molecule has 2 aromatic carbocycles. The van der Waals surface area contributed by atoms with Gasteiger partial charge in [-0.15, -0.1) is 0 Å². The number of hydrogen-bond acceptors (Lipinski definition) is 4. The second-order valence-electron chi connectivity index (χ2n) is 5.09. The summed E-state index contributed by atoms with van der Waals surface area (Å²) in [7, 11) is -2.30. The van der Waals surface area contributed by atoms with Crippen molar-refractivity contribution in [2.75, 3.05) is 29.5 Å². The predicted molar refractivity (Wildman–Crippen MR) is 100 cm³/mol. The zero-order chi connectivity index (χ0) is 18.6. The number of nitrogens with one attached hydrogen (secondary N) is 1. The number of benzene rings is 2. The van der Waals surface area contributed by atoms with E-state index in [9.17, 15) is 13.2 Å². The summed E-state index contributed by atoms with van der Waals surface area (Å²) in [5.41, 5.74) is 0.562. The number of nitrogens with zero attached hydrogens (tertiary/aromatic N) is 1. The minimum Gasteiger partial charge on any atom is -0.495 e. The molecule has 0 aliphatic carbocycles. The van der Waals surface area contributed by atoms with Crippen LogP contribution in [0.15, 0.2) is 42.5 Å². The van der Waals surface area contributed by atoms with Gasteiger partial charge in [-0.3, -0.25) is 9.10 Å². The summed E-state index contributed by atoms with van der Waals surface area (Å²) >= 11 is 11.9. The fourth-order valence-electron chi connectivity index (χ4n) is 2.14. The Morgan fingerprint density at radius 1 is 1.16 bits per heavy atom. The molecule has 0 radical (unpaired) electrons. The molecule has 25 heavy (non-hydrogen) atoms. The maximum Gasteiger partial charge on any atom is 0.245 e. The topological polar surface area (TPSA) is 75.7 Å². The van der Waals surface area contributed by atoms with Crippen LogP contribution in [-0.2, 0) is 14.8 Å². The number of carbonyl (C=O) groups excluding carboxylic acids is 1. The summed E-state index contributed by atoms with van der Waals surface area (Å²) in [6.45, 7) is -0.442. The summed E-state index contributed by atoms with van der Waals surface area (Å²) < 4.78 is 30.4. The molecular formula is C16H16Cl2N2O4S. The fraction of sp³-hybridized carbons (Fsp3) is 0.188. The number of para-hydroxylation sites is 2. The minimum absolute atomic E-state index is 0.181. The van der Waals surface area contributed by atoms with Crippen molar-refractivity contribution >= 4 is 50.5 Å². The van der Waals surface area contributed by atoms with Gasteiger partial charge >= 0.3 is 0 Å². The van der Waals surface area contributed by atoms with E-state index < -0.39 is 22.5 Å². The maximum atomic E-state index is 12.3. The number of carbonyl (C=O) groups is 1. The third kappa shape index (κ3) is 4.78. The number of ether oxygens (including phenoxy) is 1. The highest BCUT2D eigenvalue weighted by Crippen LogP contribution is 2.31. The number of hydrogen-bond donors (Lipinski definition) is 1. The number of anilines is 2.